The molecule has 0 saturated heterocycles. The first-order chi connectivity index (χ1) is 9.87. The summed E-state index contributed by atoms with van der Waals surface area (Å²) in [5.74, 6) is 0. The van der Waals surface area contributed by atoms with E-state index >= 15 is 0 Å². The highest BCUT2D eigenvalue weighted by atomic mass is 32.2. The van der Waals surface area contributed by atoms with E-state index in [4.69, 9.17) is 0 Å². The van der Waals surface area contributed by atoms with E-state index in [9.17, 15) is 18.3 Å². The second kappa shape index (κ2) is 6.85. The van der Waals surface area contributed by atoms with Crippen molar-refractivity contribution in [2.75, 3.05) is 0 Å². The van der Waals surface area contributed by atoms with Gasteiger partial charge in [0.15, 0.2) is 0 Å². The Morgan fingerprint density at radius 2 is 1.71 bits per heavy atom. The van der Waals surface area contributed by atoms with E-state index in [-0.39, 0.29) is 16.7 Å². The lowest BCUT2D eigenvalue weighted by Gasteiger charge is -2.11. The fraction of sp³-hybridized carbons (Fsp3) is 0.333. The number of benzene rings is 1. The Morgan fingerprint density at radius 3 is 2.24 bits per heavy atom. The molecule has 0 amide bonds. The van der Waals surface area contributed by atoms with Crippen molar-refractivity contribution in [2.24, 2.45) is 0 Å². The first kappa shape index (κ1) is 16.4. The van der Waals surface area contributed by atoms with Crippen molar-refractivity contribution in [1.82, 2.24) is 0 Å². The van der Waals surface area contributed by atoms with E-state index in [1.807, 2.05) is 12.1 Å². The van der Waals surface area contributed by atoms with Gasteiger partial charge < -0.3 is 5.11 Å². The minimum atomic E-state index is -4.28. The van der Waals surface area contributed by atoms with Crippen molar-refractivity contribution in [2.45, 2.75) is 36.3 Å². The minimum absolute atomic E-state index is 0.128. The molecule has 0 aliphatic carbocycles. The molecule has 21 heavy (non-hydrogen) atoms. The average Bonchev–Trinajstić information content (AvgIpc) is 2.85. The van der Waals surface area contributed by atoms with Gasteiger partial charge in [-0.15, -0.1) is 11.3 Å². The molecule has 114 valence electrons. The van der Waals surface area contributed by atoms with Crippen LogP contribution in [-0.4, -0.2) is 10.6 Å². The Labute approximate surface area is 129 Å². The fourth-order valence-electron chi connectivity index (χ4n) is 1.92. The molecule has 1 aromatic heterocycles. The van der Waals surface area contributed by atoms with Crippen molar-refractivity contribution in [3.8, 4) is 0 Å². The number of aliphatic hydroxyl groups is 1. The third kappa shape index (κ3) is 5.05. The van der Waals surface area contributed by atoms with E-state index in [2.05, 4.69) is 6.92 Å². The highest BCUT2D eigenvalue weighted by Gasteiger charge is 2.29. The first-order valence-electron chi connectivity index (χ1n) is 6.48. The number of aryl methyl sites for hydroxylation is 1. The zero-order chi connectivity index (χ0) is 15.5. The summed E-state index contributed by atoms with van der Waals surface area (Å²) in [5.41, 5.74) is -3.65. The molecule has 1 N–H and O–H groups in total. The summed E-state index contributed by atoms with van der Waals surface area (Å²) < 4.78 is 36.7. The largest absolute Gasteiger partial charge is 0.446 e. The lowest BCUT2D eigenvalue weighted by atomic mass is 10.1. The molecule has 2 rings (SSSR count). The SMILES string of the molecule is CCc1ccc(CC(O)c2ccc(SC(F)(F)F)cc2)s1. The molecule has 1 unspecified atom stereocenters. The molecule has 1 heterocycles. The lowest BCUT2D eigenvalue weighted by Crippen LogP contribution is -2.01. The number of thioether (sulfide) groups is 1. The van der Waals surface area contributed by atoms with Gasteiger partial charge in [0.25, 0.3) is 0 Å². The number of rotatable bonds is 5. The average molecular weight is 332 g/mol. The van der Waals surface area contributed by atoms with Crippen LogP contribution in [0, 0.1) is 0 Å². The van der Waals surface area contributed by atoms with Crippen LogP contribution in [-0.2, 0) is 12.8 Å². The standard InChI is InChI=1S/C15H15F3OS2/c1-2-11-7-8-13(20-11)9-14(19)10-3-5-12(6-4-10)21-15(16,17)18/h3-8,14,19H,2,9H2,1H3. The molecule has 0 radical (unpaired) electrons. The maximum atomic E-state index is 12.2. The van der Waals surface area contributed by atoms with Gasteiger partial charge in [-0.3, -0.25) is 0 Å². The topological polar surface area (TPSA) is 20.2 Å². The summed E-state index contributed by atoms with van der Waals surface area (Å²) in [4.78, 5) is 2.46. The van der Waals surface area contributed by atoms with E-state index in [1.54, 1.807) is 23.5 Å². The molecule has 0 bridgehead atoms. The van der Waals surface area contributed by atoms with E-state index in [0.717, 1.165) is 11.3 Å². The number of thiophene rings is 1. The lowest BCUT2D eigenvalue weighted by molar-refractivity contribution is -0.0328. The molecule has 0 aliphatic heterocycles. The van der Waals surface area contributed by atoms with Crippen LogP contribution < -0.4 is 0 Å². The maximum Gasteiger partial charge on any atom is 0.446 e. The summed E-state index contributed by atoms with van der Waals surface area (Å²) in [6.45, 7) is 2.07. The van der Waals surface area contributed by atoms with Gasteiger partial charge in [-0.2, -0.15) is 13.2 Å². The Morgan fingerprint density at radius 1 is 1.10 bits per heavy atom. The smallest absolute Gasteiger partial charge is 0.388 e. The summed E-state index contributed by atoms with van der Waals surface area (Å²) in [5, 5.41) is 10.2. The second-order valence-corrected chi connectivity index (χ2v) is 6.95. The molecule has 6 heteroatoms. The predicted octanol–water partition coefficient (Wildman–Crippen LogP) is 5.20. The van der Waals surface area contributed by atoms with Crippen LogP contribution in [0.5, 0.6) is 0 Å². The van der Waals surface area contributed by atoms with Crippen molar-refractivity contribution in [1.29, 1.82) is 0 Å². The predicted molar refractivity (Wildman–Crippen MR) is 80.7 cm³/mol. The number of halogens is 3. The van der Waals surface area contributed by atoms with Gasteiger partial charge in [-0.1, -0.05) is 19.1 Å². The molecule has 1 aromatic carbocycles. The normalized spacial score (nSPS) is 13.4. The van der Waals surface area contributed by atoms with Crippen LogP contribution in [0.15, 0.2) is 41.3 Å². The van der Waals surface area contributed by atoms with Crippen LogP contribution in [0.1, 0.15) is 28.3 Å². The van der Waals surface area contributed by atoms with E-state index in [0.29, 0.717) is 12.0 Å². The molecule has 0 fully saturated rings. The van der Waals surface area contributed by atoms with Gasteiger partial charge in [0, 0.05) is 21.1 Å². The number of aliphatic hydroxyl groups excluding tert-OH is 1. The summed E-state index contributed by atoms with van der Waals surface area (Å²) >= 11 is 1.51. The van der Waals surface area contributed by atoms with Gasteiger partial charge in [-0.05, 0) is 48.0 Å². The Hall–Kier alpha value is -0.980. The maximum absolute atomic E-state index is 12.2. The first-order valence-corrected chi connectivity index (χ1v) is 8.12. The molecular weight excluding hydrogens is 317 g/mol. The van der Waals surface area contributed by atoms with E-state index in [1.165, 1.54) is 17.0 Å². The Kier molecular flexibility index (Phi) is 5.35. The monoisotopic (exact) mass is 332 g/mol. The van der Waals surface area contributed by atoms with Crippen LogP contribution in [0.4, 0.5) is 13.2 Å². The van der Waals surface area contributed by atoms with Gasteiger partial charge in [0.2, 0.25) is 0 Å². The zero-order valence-electron chi connectivity index (χ0n) is 11.4. The third-order valence-electron chi connectivity index (χ3n) is 2.96. The fourth-order valence-corrected chi connectivity index (χ4v) is 3.46. The van der Waals surface area contributed by atoms with Crippen molar-refractivity contribution >= 4 is 23.1 Å². The molecular formula is C15H15F3OS2. The second-order valence-electron chi connectivity index (χ2n) is 4.56. The van der Waals surface area contributed by atoms with Crippen molar-refractivity contribution < 1.29 is 18.3 Å². The number of hydrogen-bond donors (Lipinski definition) is 1. The van der Waals surface area contributed by atoms with Crippen LogP contribution in [0.25, 0.3) is 0 Å². The highest BCUT2D eigenvalue weighted by Crippen LogP contribution is 2.37. The summed E-state index contributed by atoms with van der Waals surface area (Å²) in [7, 11) is 0. The van der Waals surface area contributed by atoms with Gasteiger partial charge in [0.1, 0.15) is 0 Å². The quantitative estimate of drug-likeness (QED) is 0.760. The summed E-state index contributed by atoms with van der Waals surface area (Å²) in [6, 6.07) is 9.90. The minimum Gasteiger partial charge on any atom is -0.388 e. The molecule has 1 atom stereocenters. The number of alkyl halides is 3. The molecule has 0 saturated carbocycles. The molecule has 0 spiro atoms. The van der Waals surface area contributed by atoms with Gasteiger partial charge in [-0.25, -0.2) is 0 Å². The van der Waals surface area contributed by atoms with E-state index < -0.39 is 11.6 Å². The van der Waals surface area contributed by atoms with Crippen molar-refractivity contribution in [3.05, 3.63) is 51.7 Å². The summed E-state index contributed by atoms with van der Waals surface area (Å²) in [6.07, 6.45) is 0.749. The number of hydrogen-bond acceptors (Lipinski definition) is 3. The molecule has 0 aliphatic rings. The van der Waals surface area contributed by atoms with Crippen LogP contribution >= 0.6 is 23.1 Å². The van der Waals surface area contributed by atoms with Crippen LogP contribution in [0.3, 0.4) is 0 Å². The van der Waals surface area contributed by atoms with Crippen molar-refractivity contribution in [3.63, 3.8) is 0 Å². The third-order valence-corrected chi connectivity index (χ3v) is 4.95. The molecule has 1 nitrogen and oxygen atoms in total. The molecule has 2 aromatic rings. The van der Waals surface area contributed by atoms with Gasteiger partial charge >= 0.3 is 5.51 Å². The highest BCUT2D eigenvalue weighted by molar-refractivity contribution is 8.00. The van der Waals surface area contributed by atoms with Gasteiger partial charge in [0.05, 0.1) is 6.10 Å². The Bertz CT molecular complexity index is 575. The Balaban J connectivity index is 2.00. The van der Waals surface area contributed by atoms with Crippen LogP contribution in [0.2, 0.25) is 0 Å². The zero-order valence-corrected chi connectivity index (χ0v) is 13.0.